The number of anilines is 1. The molecule has 29 heavy (non-hydrogen) atoms. The van der Waals surface area contributed by atoms with E-state index in [1.54, 1.807) is 4.90 Å². The number of nitro groups is 1. The van der Waals surface area contributed by atoms with Gasteiger partial charge in [0, 0.05) is 25.7 Å². The Labute approximate surface area is 166 Å². The highest BCUT2D eigenvalue weighted by Gasteiger charge is 2.27. The summed E-state index contributed by atoms with van der Waals surface area (Å²) in [6, 6.07) is 3.84. The largest absolute Gasteiger partial charge is 0.365 e. The third-order valence-corrected chi connectivity index (χ3v) is 4.56. The Bertz CT molecular complexity index is 867. The Morgan fingerprint density at radius 3 is 2.83 bits per heavy atom. The van der Waals surface area contributed by atoms with Crippen LogP contribution < -0.4 is 15.5 Å². The molecule has 1 saturated heterocycles. The zero-order chi connectivity index (χ0) is 20.8. The van der Waals surface area contributed by atoms with Gasteiger partial charge in [0.05, 0.1) is 18.0 Å². The van der Waals surface area contributed by atoms with Crippen LogP contribution in [0.1, 0.15) is 13.3 Å². The number of nitrogens with one attached hydrogen (secondary N) is 2. The van der Waals surface area contributed by atoms with Crippen LogP contribution >= 0.6 is 0 Å². The summed E-state index contributed by atoms with van der Waals surface area (Å²) in [5, 5.41) is 21.0. The van der Waals surface area contributed by atoms with E-state index in [0.717, 1.165) is 0 Å². The van der Waals surface area contributed by atoms with Gasteiger partial charge in [-0.2, -0.15) is 5.10 Å². The predicted octanol–water partition coefficient (Wildman–Crippen LogP) is 1.90. The number of benzene rings is 1. The highest BCUT2D eigenvalue weighted by Crippen LogP contribution is 2.26. The fourth-order valence-corrected chi connectivity index (χ4v) is 3.22. The van der Waals surface area contributed by atoms with Crippen molar-refractivity contribution in [2.24, 2.45) is 4.99 Å². The maximum absolute atomic E-state index is 14.0. The second kappa shape index (κ2) is 9.30. The number of guanidine groups is 1. The molecular weight excluding hydrogens is 384 g/mol. The van der Waals surface area contributed by atoms with Gasteiger partial charge >= 0.3 is 5.69 Å². The van der Waals surface area contributed by atoms with Crippen molar-refractivity contribution in [3.63, 3.8) is 0 Å². The number of hydrogen-bond acceptors (Lipinski definition) is 5. The van der Waals surface area contributed by atoms with Gasteiger partial charge in [-0.15, -0.1) is 0 Å². The van der Waals surface area contributed by atoms with Crippen LogP contribution in [0, 0.1) is 21.7 Å². The Hall–Kier alpha value is -3.24. The molecule has 9 nitrogen and oxygen atoms in total. The zero-order valence-electron chi connectivity index (χ0n) is 16.0. The lowest BCUT2D eigenvalue weighted by atomic mass is 10.2. The Balaban J connectivity index is 1.57. The summed E-state index contributed by atoms with van der Waals surface area (Å²) < 4.78 is 29.5. The van der Waals surface area contributed by atoms with Crippen LogP contribution in [0.4, 0.5) is 20.2 Å². The van der Waals surface area contributed by atoms with Crippen LogP contribution in [-0.4, -0.2) is 52.9 Å². The van der Waals surface area contributed by atoms with E-state index >= 15 is 0 Å². The first-order valence-corrected chi connectivity index (χ1v) is 9.38. The summed E-state index contributed by atoms with van der Waals surface area (Å²) in [6.45, 7) is 4.33. The fourth-order valence-electron chi connectivity index (χ4n) is 3.22. The van der Waals surface area contributed by atoms with Crippen LogP contribution in [0.25, 0.3) is 0 Å². The lowest BCUT2D eigenvalue weighted by molar-refractivity contribution is -0.385. The molecule has 2 heterocycles. The first-order valence-electron chi connectivity index (χ1n) is 9.38. The Morgan fingerprint density at radius 2 is 2.17 bits per heavy atom. The van der Waals surface area contributed by atoms with Crippen LogP contribution in [0.5, 0.6) is 0 Å². The molecule has 0 saturated carbocycles. The van der Waals surface area contributed by atoms with E-state index < -0.39 is 16.6 Å². The highest BCUT2D eigenvalue weighted by molar-refractivity contribution is 5.80. The minimum absolute atomic E-state index is 0.000911. The van der Waals surface area contributed by atoms with E-state index in [1.165, 1.54) is 35.3 Å². The van der Waals surface area contributed by atoms with Gasteiger partial charge in [-0.3, -0.25) is 19.8 Å². The second-order valence-electron chi connectivity index (χ2n) is 6.63. The van der Waals surface area contributed by atoms with Crippen molar-refractivity contribution in [1.29, 1.82) is 0 Å². The molecule has 1 fully saturated rings. The molecule has 0 spiro atoms. The molecule has 3 rings (SSSR count). The smallest absolute Gasteiger partial charge is 0.306 e. The topological polar surface area (TPSA) is 101 Å². The maximum atomic E-state index is 14.0. The van der Waals surface area contributed by atoms with Crippen molar-refractivity contribution in [3.05, 3.63) is 52.3 Å². The van der Waals surface area contributed by atoms with Gasteiger partial charge in [0.2, 0.25) is 0 Å². The quantitative estimate of drug-likeness (QED) is 0.315. The Morgan fingerprint density at radius 1 is 1.41 bits per heavy atom. The molecule has 11 heteroatoms. The summed E-state index contributed by atoms with van der Waals surface area (Å²) in [5.74, 6) is -0.561. The van der Waals surface area contributed by atoms with Crippen LogP contribution in [0.2, 0.25) is 0 Å². The van der Waals surface area contributed by atoms with Crippen LogP contribution in [0.3, 0.4) is 0 Å². The van der Waals surface area contributed by atoms with Gasteiger partial charge in [0.15, 0.2) is 5.96 Å². The average molecular weight is 407 g/mol. The predicted molar refractivity (Wildman–Crippen MR) is 105 cm³/mol. The van der Waals surface area contributed by atoms with Crippen molar-refractivity contribution >= 4 is 17.3 Å². The molecule has 2 aromatic rings. The molecule has 1 aliphatic heterocycles. The molecule has 0 amide bonds. The van der Waals surface area contributed by atoms with Crippen molar-refractivity contribution < 1.29 is 13.7 Å². The first kappa shape index (κ1) is 20.5. The molecule has 1 aromatic heterocycles. The van der Waals surface area contributed by atoms with E-state index in [-0.39, 0.29) is 17.4 Å². The molecule has 0 radical (unpaired) electrons. The highest BCUT2D eigenvalue weighted by atomic mass is 19.1. The third-order valence-electron chi connectivity index (χ3n) is 4.56. The van der Waals surface area contributed by atoms with Crippen molar-refractivity contribution in [1.82, 2.24) is 20.4 Å². The molecule has 1 unspecified atom stereocenters. The number of rotatable bonds is 7. The molecule has 1 aliphatic rings. The number of hydrogen-bond donors (Lipinski definition) is 2. The van der Waals surface area contributed by atoms with Crippen LogP contribution in [-0.2, 0) is 6.54 Å². The third kappa shape index (κ3) is 5.18. The second-order valence-corrected chi connectivity index (χ2v) is 6.63. The summed E-state index contributed by atoms with van der Waals surface area (Å²) in [5.41, 5.74) is -0.0653. The number of nitrogens with zero attached hydrogens (tertiary/aromatic N) is 5. The molecule has 0 aliphatic carbocycles. The van der Waals surface area contributed by atoms with E-state index in [1.807, 2.05) is 6.92 Å². The van der Waals surface area contributed by atoms with Gasteiger partial charge in [0.1, 0.15) is 29.7 Å². The molecule has 1 atom stereocenters. The fraction of sp³-hybridized carbons (Fsp3) is 0.444. The zero-order valence-corrected chi connectivity index (χ0v) is 16.0. The van der Waals surface area contributed by atoms with Crippen molar-refractivity contribution in [3.8, 4) is 0 Å². The lowest BCUT2D eigenvalue weighted by Crippen LogP contribution is -2.44. The van der Waals surface area contributed by atoms with Crippen molar-refractivity contribution in [2.75, 3.05) is 31.1 Å². The van der Waals surface area contributed by atoms with Crippen molar-refractivity contribution in [2.45, 2.75) is 25.9 Å². The number of halogens is 2. The van der Waals surface area contributed by atoms with Gasteiger partial charge in [0.25, 0.3) is 0 Å². The summed E-state index contributed by atoms with van der Waals surface area (Å²) in [6.07, 6.45) is 3.26. The van der Waals surface area contributed by atoms with E-state index in [2.05, 4.69) is 20.7 Å². The summed E-state index contributed by atoms with van der Waals surface area (Å²) in [4.78, 5) is 16.3. The monoisotopic (exact) mass is 407 g/mol. The van der Waals surface area contributed by atoms with Gasteiger partial charge in [-0.1, -0.05) is 6.07 Å². The SMILES string of the molecule is CCNC(=NCCn1cc([N+](=O)[O-])cn1)NC1CCN(c2c(F)cccc2F)C1. The average Bonchev–Trinajstić information content (AvgIpc) is 3.32. The normalized spacial score (nSPS) is 16.9. The summed E-state index contributed by atoms with van der Waals surface area (Å²) >= 11 is 0. The molecule has 0 bridgehead atoms. The van der Waals surface area contributed by atoms with E-state index in [0.29, 0.717) is 45.1 Å². The van der Waals surface area contributed by atoms with Crippen LogP contribution in [0.15, 0.2) is 35.6 Å². The number of para-hydroxylation sites is 1. The van der Waals surface area contributed by atoms with Gasteiger partial charge in [-0.25, -0.2) is 8.78 Å². The molecule has 2 N–H and O–H groups in total. The van der Waals surface area contributed by atoms with E-state index in [4.69, 9.17) is 0 Å². The minimum Gasteiger partial charge on any atom is -0.365 e. The number of aromatic nitrogens is 2. The van der Waals surface area contributed by atoms with Gasteiger partial charge in [-0.05, 0) is 25.5 Å². The van der Waals surface area contributed by atoms with Gasteiger partial charge < -0.3 is 15.5 Å². The molecule has 156 valence electrons. The summed E-state index contributed by atoms with van der Waals surface area (Å²) in [7, 11) is 0. The lowest BCUT2D eigenvalue weighted by Gasteiger charge is -2.21. The number of aliphatic imine (C=N–C) groups is 1. The first-order chi connectivity index (χ1) is 14.0. The molecular formula is C18H23F2N7O2. The molecule has 1 aromatic carbocycles. The minimum atomic E-state index is -0.570. The van der Waals surface area contributed by atoms with E-state index in [9.17, 15) is 18.9 Å². The standard InChI is InChI=1S/C18H23F2N7O2/c1-2-21-18(22-7-9-26-12-14(10-23-26)27(28)29)24-13-6-8-25(11-13)17-15(19)4-3-5-16(17)20/h3-5,10,12-13H,2,6-9,11H2,1H3,(H2,21,22,24). The Kier molecular flexibility index (Phi) is 6.57. The maximum Gasteiger partial charge on any atom is 0.306 e.